The zero-order chi connectivity index (χ0) is 18.0. The molecule has 0 unspecified atom stereocenters. The van der Waals surface area contributed by atoms with E-state index in [-0.39, 0.29) is 18.0 Å². The van der Waals surface area contributed by atoms with Crippen molar-refractivity contribution in [1.82, 2.24) is 15.2 Å². The molecule has 0 spiro atoms. The van der Waals surface area contributed by atoms with Gasteiger partial charge in [-0.25, -0.2) is 4.98 Å². The molecule has 0 bridgehead atoms. The van der Waals surface area contributed by atoms with Crippen LogP contribution in [0.1, 0.15) is 57.5 Å². The van der Waals surface area contributed by atoms with Crippen LogP contribution in [0.3, 0.4) is 0 Å². The van der Waals surface area contributed by atoms with Gasteiger partial charge in [0.2, 0.25) is 23.4 Å². The standard InChI is InChI=1S/C18H27N5O2/c1-4-12(2)20-16(24)13(3)22-7-9-23(10-8-22)18-15(11-19)21-17(25-18)14-5-6-14/h12-14H,4-10H2,1-3H3,(H,20,24)/t12-,13+/m0/s1. The van der Waals surface area contributed by atoms with Gasteiger partial charge < -0.3 is 14.6 Å². The Hall–Kier alpha value is -2.07. The largest absolute Gasteiger partial charge is 0.423 e. The lowest BCUT2D eigenvalue weighted by Gasteiger charge is -2.37. The number of hydrogen-bond donors (Lipinski definition) is 1. The van der Waals surface area contributed by atoms with Gasteiger partial charge in [-0.15, -0.1) is 0 Å². The average molecular weight is 345 g/mol. The summed E-state index contributed by atoms with van der Waals surface area (Å²) in [5.41, 5.74) is 0.387. The van der Waals surface area contributed by atoms with Crippen molar-refractivity contribution >= 4 is 11.8 Å². The molecule has 136 valence electrons. The molecule has 1 aromatic rings. The fraction of sp³-hybridized carbons (Fsp3) is 0.722. The summed E-state index contributed by atoms with van der Waals surface area (Å²) in [6.45, 7) is 9.03. The lowest BCUT2D eigenvalue weighted by atomic mass is 10.2. The van der Waals surface area contributed by atoms with Crippen LogP contribution in [0.4, 0.5) is 5.88 Å². The van der Waals surface area contributed by atoms with Crippen molar-refractivity contribution in [3.8, 4) is 6.07 Å². The van der Waals surface area contributed by atoms with Gasteiger partial charge in [-0.2, -0.15) is 5.26 Å². The van der Waals surface area contributed by atoms with Crippen LogP contribution in [0.25, 0.3) is 0 Å². The SMILES string of the molecule is CC[C@H](C)NC(=O)[C@@H](C)N1CCN(c2oc(C3CC3)nc2C#N)CC1. The zero-order valence-corrected chi connectivity index (χ0v) is 15.3. The van der Waals surface area contributed by atoms with Gasteiger partial charge in [0, 0.05) is 38.1 Å². The first-order chi connectivity index (χ1) is 12.0. The molecule has 1 N–H and O–H groups in total. The maximum Gasteiger partial charge on any atom is 0.237 e. The number of nitrogens with one attached hydrogen (secondary N) is 1. The number of amides is 1. The second kappa shape index (κ2) is 7.44. The molecule has 7 heteroatoms. The van der Waals surface area contributed by atoms with Crippen LogP contribution in [0.15, 0.2) is 4.42 Å². The van der Waals surface area contributed by atoms with Crippen LogP contribution in [0.5, 0.6) is 0 Å². The van der Waals surface area contributed by atoms with E-state index < -0.39 is 0 Å². The number of carbonyl (C=O) groups is 1. The Labute approximate surface area is 149 Å². The molecular formula is C18H27N5O2. The van der Waals surface area contributed by atoms with Gasteiger partial charge in [0.15, 0.2) is 0 Å². The highest BCUT2D eigenvalue weighted by atomic mass is 16.4. The van der Waals surface area contributed by atoms with E-state index in [0.717, 1.165) is 45.4 Å². The van der Waals surface area contributed by atoms with E-state index in [2.05, 4.69) is 33.1 Å². The van der Waals surface area contributed by atoms with Gasteiger partial charge >= 0.3 is 0 Å². The molecule has 1 amide bonds. The van der Waals surface area contributed by atoms with E-state index >= 15 is 0 Å². The monoisotopic (exact) mass is 345 g/mol. The molecule has 1 aromatic heterocycles. The van der Waals surface area contributed by atoms with Crippen LogP contribution < -0.4 is 10.2 Å². The molecule has 1 aliphatic carbocycles. The number of hydrogen-bond acceptors (Lipinski definition) is 6. The number of rotatable bonds is 6. The topological polar surface area (TPSA) is 85.4 Å². The highest BCUT2D eigenvalue weighted by Gasteiger charge is 2.33. The average Bonchev–Trinajstić information content (AvgIpc) is 3.40. The van der Waals surface area contributed by atoms with Crippen LogP contribution in [-0.4, -0.2) is 54.1 Å². The predicted molar refractivity (Wildman–Crippen MR) is 94.3 cm³/mol. The highest BCUT2D eigenvalue weighted by Crippen LogP contribution is 2.41. The summed E-state index contributed by atoms with van der Waals surface area (Å²) in [7, 11) is 0. The van der Waals surface area contributed by atoms with Crippen molar-refractivity contribution in [2.75, 3.05) is 31.1 Å². The first-order valence-corrected chi connectivity index (χ1v) is 9.23. The lowest BCUT2D eigenvalue weighted by molar-refractivity contribution is -0.126. The molecule has 2 atom stereocenters. The van der Waals surface area contributed by atoms with Crippen molar-refractivity contribution in [2.24, 2.45) is 0 Å². The van der Waals surface area contributed by atoms with Crippen LogP contribution in [-0.2, 0) is 4.79 Å². The second-order valence-corrected chi connectivity index (χ2v) is 7.11. The molecule has 2 aliphatic rings. The molecule has 2 heterocycles. The zero-order valence-electron chi connectivity index (χ0n) is 15.3. The maximum atomic E-state index is 12.3. The quantitative estimate of drug-likeness (QED) is 0.847. The minimum absolute atomic E-state index is 0.0798. The minimum Gasteiger partial charge on any atom is -0.423 e. The van der Waals surface area contributed by atoms with E-state index in [1.54, 1.807) is 0 Å². The molecule has 7 nitrogen and oxygen atoms in total. The number of nitriles is 1. The molecular weight excluding hydrogens is 318 g/mol. The Morgan fingerprint density at radius 2 is 2.04 bits per heavy atom. The summed E-state index contributed by atoms with van der Waals surface area (Å²) in [5, 5.41) is 12.4. The number of anilines is 1. The number of oxazole rings is 1. The van der Waals surface area contributed by atoms with Gasteiger partial charge in [-0.1, -0.05) is 6.92 Å². The normalized spacial score (nSPS) is 20.8. The van der Waals surface area contributed by atoms with Crippen molar-refractivity contribution in [2.45, 2.75) is 58.0 Å². The summed E-state index contributed by atoms with van der Waals surface area (Å²) in [5.74, 6) is 1.78. The van der Waals surface area contributed by atoms with Gasteiger partial charge in [0.25, 0.3) is 0 Å². The van der Waals surface area contributed by atoms with E-state index in [4.69, 9.17) is 4.42 Å². The smallest absolute Gasteiger partial charge is 0.237 e. The lowest BCUT2D eigenvalue weighted by Crippen LogP contribution is -2.54. The number of nitrogens with zero attached hydrogens (tertiary/aromatic N) is 4. The van der Waals surface area contributed by atoms with Gasteiger partial charge in [-0.3, -0.25) is 9.69 Å². The fourth-order valence-electron chi connectivity index (χ4n) is 3.06. The first-order valence-electron chi connectivity index (χ1n) is 9.23. The van der Waals surface area contributed by atoms with Crippen LogP contribution in [0.2, 0.25) is 0 Å². The molecule has 0 radical (unpaired) electrons. The van der Waals surface area contributed by atoms with Crippen molar-refractivity contribution in [3.05, 3.63) is 11.6 Å². The van der Waals surface area contributed by atoms with Crippen molar-refractivity contribution < 1.29 is 9.21 Å². The van der Waals surface area contributed by atoms with E-state index in [1.165, 1.54) is 0 Å². The summed E-state index contributed by atoms with van der Waals surface area (Å²) >= 11 is 0. The predicted octanol–water partition coefficient (Wildman–Crippen LogP) is 1.85. The molecule has 1 saturated carbocycles. The Kier molecular flexibility index (Phi) is 5.28. The Bertz CT molecular complexity index is 653. The molecule has 3 rings (SSSR count). The third-order valence-electron chi connectivity index (χ3n) is 5.19. The third kappa shape index (κ3) is 3.96. The van der Waals surface area contributed by atoms with Crippen LogP contribution in [0, 0.1) is 11.3 Å². The molecule has 0 aromatic carbocycles. The fourth-order valence-corrected chi connectivity index (χ4v) is 3.06. The van der Waals surface area contributed by atoms with Crippen molar-refractivity contribution in [1.29, 1.82) is 5.26 Å². The van der Waals surface area contributed by atoms with Gasteiger partial charge in [0.05, 0.1) is 6.04 Å². The molecule has 1 saturated heterocycles. The number of aromatic nitrogens is 1. The van der Waals surface area contributed by atoms with E-state index in [0.29, 0.717) is 23.4 Å². The summed E-state index contributed by atoms with van der Waals surface area (Å²) < 4.78 is 5.87. The molecule has 25 heavy (non-hydrogen) atoms. The van der Waals surface area contributed by atoms with Gasteiger partial charge in [0.1, 0.15) is 6.07 Å². The minimum atomic E-state index is -0.150. The second-order valence-electron chi connectivity index (χ2n) is 7.11. The van der Waals surface area contributed by atoms with Gasteiger partial charge in [-0.05, 0) is 33.1 Å². The summed E-state index contributed by atoms with van der Waals surface area (Å²) in [4.78, 5) is 20.9. The van der Waals surface area contributed by atoms with Crippen LogP contribution >= 0.6 is 0 Å². The number of carbonyl (C=O) groups excluding carboxylic acids is 1. The Morgan fingerprint density at radius 1 is 1.36 bits per heavy atom. The van der Waals surface area contributed by atoms with E-state index in [9.17, 15) is 10.1 Å². The third-order valence-corrected chi connectivity index (χ3v) is 5.19. The maximum absolute atomic E-state index is 12.3. The summed E-state index contributed by atoms with van der Waals surface area (Å²) in [6.07, 6.45) is 3.13. The molecule has 1 aliphatic heterocycles. The Morgan fingerprint density at radius 3 is 2.60 bits per heavy atom. The summed E-state index contributed by atoms with van der Waals surface area (Å²) in [6, 6.07) is 2.20. The number of piperazine rings is 1. The first kappa shape index (κ1) is 17.7. The molecule has 2 fully saturated rings. The Balaban J connectivity index is 1.58. The van der Waals surface area contributed by atoms with Crippen molar-refractivity contribution in [3.63, 3.8) is 0 Å². The highest BCUT2D eigenvalue weighted by molar-refractivity contribution is 5.81. The van der Waals surface area contributed by atoms with E-state index in [1.807, 2.05) is 13.8 Å².